The van der Waals surface area contributed by atoms with Gasteiger partial charge in [0.15, 0.2) is 0 Å². The molecule has 0 aliphatic heterocycles. The van der Waals surface area contributed by atoms with Crippen LogP contribution in [0.4, 0.5) is 0 Å². The van der Waals surface area contributed by atoms with Crippen LogP contribution in [0.1, 0.15) is 61.4 Å². The van der Waals surface area contributed by atoms with Gasteiger partial charge in [0.2, 0.25) is 0 Å². The summed E-state index contributed by atoms with van der Waals surface area (Å²) in [6.07, 6.45) is 10.1. The van der Waals surface area contributed by atoms with E-state index in [-0.39, 0.29) is 6.10 Å². The minimum absolute atomic E-state index is 0.356. The molecular formula is C15H21NOS. The topological polar surface area (TPSA) is 33.1 Å². The fourth-order valence-electron chi connectivity index (χ4n) is 5.10. The van der Waals surface area contributed by atoms with E-state index in [1.165, 1.54) is 43.5 Å². The minimum atomic E-state index is -0.356. The van der Waals surface area contributed by atoms with Crippen LogP contribution in [0.5, 0.6) is 0 Å². The van der Waals surface area contributed by atoms with Gasteiger partial charge in [-0.25, -0.2) is 4.98 Å². The van der Waals surface area contributed by atoms with Crippen molar-refractivity contribution in [1.29, 1.82) is 0 Å². The molecule has 1 heterocycles. The van der Waals surface area contributed by atoms with E-state index in [4.69, 9.17) is 0 Å². The number of hydrogen-bond acceptors (Lipinski definition) is 3. The van der Waals surface area contributed by atoms with Crippen molar-refractivity contribution in [3.63, 3.8) is 0 Å². The van der Waals surface area contributed by atoms with E-state index in [1.807, 2.05) is 13.1 Å². The number of thiazole rings is 1. The molecule has 0 aromatic carbocycles. The van der Waals surface area contributed by atoms with Gasteiger partial charge in [0.1, 0.15) is 0 Å². The zero-order valence-electron chi connectivity index (χ0n) is 10.9. The smallest absolute Gasteiger partial charge is 0.0990 e. The number of aliphatic hydroxyl groups is 1. The van der Waals surface area contributed by atoms with E-state index < -0.39 is 0 Å². The Balaban J connectivity index is 1.70. The van der Waals surface area contributed by atoms with Crippen LogP contribution in [0.3, 0.4) is 0 Å². The number of aliphatic hydroxyl groups excluding tert-OH is 1. The third kappa shape index (κ3) is 1.60. The first kappa shape index (κ1) is 11.4. The Morgan fingerprint density at radius 3 is 2.22 bits per heavy atom. The lowest BCUT2D eigenvalue weighted by molar-refractivity contribution is -0.00527. The predicted octanol–water partition coefficient (Wildman–Crippen LogP) is 3.66. The molecule has 0 radical (unpaired) electrons. The molecule has 1 unspecified atom stereocenters. The molecule has 4 fully saturated rings. The molecule has 4 aliphatic carbocycles. The summed E-state index contributed by atoms with van der Waals surface area (Å²) in [6, 6.07) is 0. The second-order valence-corrected chi connectivity index (χ2v) is 8.00. The fourth-order valence-corrected chi connectivity index (χ4v) is 6.17. The summed E-state index contributed by atoms with van der Waals surface area (Å²) < 4.78 is 0. The molecule has 1 aromatic rings. The molecule has 1 atom stereocenters. The molecule has 4 saturated carbocycles. The van der Waals surface area contributed by atoms with Gasteiger partial charge in [-0.15, -0.1) is 11.3 Å². The maximum Gasteiger partial charge on any atom is 0.0990 e. The maximum atomic E-state index is 9.69. The average molecular weight is 263 g/mol. The van der Waals surface area contributed by atoms with Crippen molar-refractivity contribution >= 4 is 11.3 Å². The van der Waals surface area contributed by atoms with Gasteiger partial charge in [-0.2, -0.15) is 0 Å². The first-order valence-corrected chi connectivity index (χ1v) is 8.10. The molecule has 3 heteroatoms. The van der Waals surface area contributed by atoms with Gasteiger partial charge >= 0.3 is 0 Å². The van der Waals surface area contributed by atoms with Crippen LogP contribution in [0.2, 0.25) is 0 Å². The Hall–Kier alpha value is -0.410. The minimum Gasteiger partial charge on any atom is -0.388 e. The summed E-state index contributed by atoms with van der Waals surface area (Å²) in [5, 5.41) is 11.0. The second-order valence-electron chi connectivity index (χ2n) is 6.94. The highest BCUT2D eigenvalue weighted by Gasteiger charge is 2.52. The molecule has 4 aliphatic rings. The van der Waals surface area contributed by atoms with Gasteiger partial charge in [-0.3, -0.25) is 0 Å². The number of nitrogens with zero attached hydrogens (tertiary/aromatic N) is 1. The Morgan fingerprint density at radius 2 is 1.78 bits per heavy atom. The van der Waals surface area contributed by atoms with Crippen LogP contribution in [-0.4, -0.2) is 10.1 Å². The third-order valence-corrected chi connectivity index (χ3v) is 6.84. The Kier molecular flexibility index (Phi) is 2.41. The first-order chi connectivity index (χ1) is 8.64. The van der Waals surface area contributed by atoms with E-state index in [0.29, 0.717) is 5.41 Å². The Morgan fingerprint density at radius 1 is 1.22 bits per heavy atom. The highest BCUT2D eigenvalue weighted by molar-refractivity contribution is 7.11. The summed E-state index contributed by atoms with van der Waals surface area (Å²) in [5.74, 6) is 2.90. The lowest BCUT2D eigenvalue weighted by atomic mass is 9.50. The lowest BCUT2D eigenvalue weighted by Crippen LogP contribution is -2.48. The van der Waals surface area contributed by atoms with Crippen molar-refractivity contribution in [2.45, 2.75) is 57.0 Å². The first-order valence-electron chi connectivity index (χ1n) is 7.29. The van der Waals surface area contributed by atoms with Crippen LogP contribution in [-0.2, 0) is 5.41 Å². The van der Waals surface area contributed by atoms with Crippen LogP contribution < -0.4 is 0 Å². The van der Waals surface area contributed by atoms with Gasteiger partial charge < -0.3 is 5.11 Å². The molecule has 98 valence electrons. The van der Waals surface area contributed by atoms with Crippen molar-refractivity contribution in [2.24, 2.45) is 17.8 Å². The normalized spacial score (nSPS) is 43.3. The standard InChI is InChI=1S/C15H21NOS/c1-9(17)13-8-16-14(18-13)15-5-10-2-11(6-15)4-12(3-10)7-15/h8-12,17H,2-7H2,1H3. The molecule has 0 amide bonds. The molecule has 1 aromatic heterocycles. The van der Waals surface area contributed by atoms with Gasteiger partial charge in [0.05, 0.1) is 16.0 Å². The number of rotatable bonds is 2. The van der Waals surface area contributed by atoms with Crippen molar-refractivity contribution in [1.82, 2.24) is 4.98 Å². The monoisotopic (exact) mass is 263 g/mol. The maximum absolute atomic E-state index is 9.69. The summed E-state index contributed by atoms with van der Waals surface area (Å²) in [4.78, 5) is 5.73. The van der Waals surface area contributed by atoms with Crippen LogP contribution >= 0.6 is 11.3 Å². The molecule has 5 rings (SSSR count). The van der Waals surface area contributed by atoms with E-state index in [9.17, 15) is 5.11 Å². The zero-order chi connectivity index (χ0) is 12.3. The predicted molar refractivity (Wildman–Crippen MR) is 72.6 cm³/mol. The summed E-state index contributed by atoms with van der Waals surface area (Å²) in [7, 11) is 0. The van der Waals surface area contributed by atoms with Crippen LogP contribution in [0.25, 0.3) is 0 Å². The highest BCUT2D eigenvalue weighted by atomic mass is 32.1. The molecule has 0 saturated heterocycles. The summed E-state index contributed by atoms with van der Waals surface area (Å²) >= 11 is 1.77. The molecule has 4 bridgehead atoms. The Bertz CT molecular complexity index is 430. The average Bonchev–Trinajstić information content (AvgIpc) is 2.76. The van der Waals surface area contributed by atoms with Gasteiger partial charge in [-0.05, 0) is 63.2 Å². The van der Waals surface area contributed by atoms with E-state index in [1.54, 1.807) is 11.3 Å². The number of aromatic nitrogens is 1. The number of hydrogen-bond donors (Lipinski definition) is 1. The SMILES string of the molecule is CC(O)c1cnc(C23CC4CC(CC(C4)C2)C3)s1. The van der Waals surface area contributed by atoms with Crippen LogP contribution in [0, 0.1) is 17.8 Å². The molecule has 0 spiro atoms. The van der Waals surface area contributed by atoms with Gasteiger partial charge in [0.25, 0.3) is 0 Å². The molecule has 18 heavy (non-hydrogen) atoms. The van der Waals surface area contributed by atoms with Crippen molar-refractivity contribution in [3.05, 3.63) is 16.1 Å². The van der Waals surface area contributed by atoms with Crippen molar-refractivity contribution in [2.75, 3.05) is 0 Å². The Labute approximate surface area is 112 Å². The van der Waals surface area contributed by atoms with E-state index in [2.05, 4.69) is 4.98 Å². The van der Waals surface area contributed by atoms with Crippen molar-refractivity contribution < 1.29 is 5.11 Å². The lowest BCUT2D eigenvalue weighted by Gasteiger charge is -2.56. The third-order valence-electron chi connectivity index (χ3n) is 5.43. The van der Waals surface area contributed by atoms with Crippen molar-refractivity contribution in [3.8, 4) is 0 Å². The van der Waals surface area contributed by atoms with Gasteiger partial charge in [0, 0.05) is 11.6 Å². The van der Waals surface area contributed by atoms with E-state index in [0.717, 1.165) is 22.6 Å². The second kappa shape index (κ2) is 3.80. The molecule has 1 N–H and O–H groups in total. The quantitative estimate of drug-likeness (QED) is 0.883. The molecular weight excluding hydrogens is 242 g/mol. The summed E-state index contributed by atoms with van der Waals surface area (Å²) in [5.41, 5.74) is 0.395. The highest BCUT2D eigenvalue weighted by Crippen LogP contribution is 2.61. The molecule has 2 nitrogen and oxygen atoms in total. The zero-order valence-corrected chi connectivity index (χ0v) is 11.7. The van der Waals surface area contributed by atoms with Crippen LogP contribution in [0.15, 0.2) is 6.20 Å². The van der Waals surface area contributed by atoms with Gasteiger partial charge in [-0.1, -0.05) is 0 Å². The largest absolute Gasteiger partial charge is 0.388 e. The fraction of sp³-hybridized carbons (Fsp3) is 0.800. The van der Waals surface area contributed by atoms with E-state index >= 15 is 0 Å². The summed E-state index contributed by atoms with van der Waals surface area (Å²) in [6.45, 7) is 1.84.